The van der Waals surface area contributed by atoms with Crippen LogP contribution in [0.25, 0.3) is 0 Å². The van der Waals surface area contributed by atoms with Gasteiger partial charge in [0.2, 0.25) is 5.56 Å². The van der Waals surface area contributed by atoms with Gasteiger partial charge in [0.25, 0.3) is 5.91 Å². The SMILES string of the molecule is CN(CC1(N(C)C)CCC1)C(=O)c1cc[nH]c(=O)c1. The Hall–Kier alpha value is -1.62. The minimum Gasteiger partial charge on any atom is -0.340 e. The number of rotatable bonds is 4. The molecule has 19 heavy (non-hydrogen) atoms. The lowest BCUT2D eigenvalue weighted by atomic mass is 9.75. The second-order valence-corrected chi connectivity index (χ2v) is 5.58. The van der Waals surface area contributed by atoms with Crippen molar-refractivity contribution in [3.63, 3.8) is 0 Å². The average molecular weight is 263 g/mol. The molecule has 1 heterocycles. The Morgan fingerprint density at radius 2 is 2.05 bits per heavy atom. The number of nitrogens with zero attached hydrogens (tertiary/aromatic N) is 2. The van der Waals surface area contributed by atoms with Crippen molar-refractivity contribution in [1.82, 2.24) is 14.8 Å². The molecular formula is C14H21N3O2. The zero-order valence-corrected chi connectivity index (χ0v) is 11.8. The topological polar surface area (TPSA) is 56.4 Å². The van der Waals surface area contributed by atoms with Crippen LogP contribution in [-0.2, 0) is 0 Å². The first kappa shape index (κ1) is 13.8. The fourth-order valence-electron chi connectivity index (χ4n) is 2.64. The van der Waals surface area contributed by atoms with Gasteiger partial charge in [-0.3, -0.25) is 9.59 Å². The number of hydrogen-bond acceptors (Lipinski definition) is 3. The van der Waals surface area contributed by atoms with E-state index in [2.05, 4.69) is 24.0 Å². The van der Waals surface area contributed by atoms with Crippen LogP contribution < -0.4 is 5.56 Å². The summed E-state index contributed by atoms with van der Waals surface area (Å²) in [5, 5.41) is 0. The van der Waals surface area contributed by atoms with Gasteiger partial charge in [0, 0.05) is 37.0 Å². The summed E-state index contributed by atoms with van der Waals surface area (Å²) in [5.41, 5.74) is 0.302. The van der Waals surface area contributed by atoms with Gasteiger partial charge in [0.05, 0.1) is 0 Å². The van der Waals surface area contributed by atoms with Crippen LogP contribution in [0.1, 0.15) is 29.6 Å². The molecule has 0 unspecified atom stereocenters. The van der Waals surface area contributed by atoms with Crippen molar-refractivity contribution in [3.05, 3.63) is 34.2 Å². The van der Waals surface area contributed by atoms with Crippen LogP contribution in [0.15, 0.2) is 23.1 Å². The van der Waals surface area contributed by atoms with Crippen LogP contribution in [0.5, 0.6) is 0 Å². The number of aromatic amines is 1. The maximum absolute atomic E-state index is 12.3. The molecule has 2 rings (SSSR count). The molecule has 0 bridgehead atoms. The van der Waals surface area contributed by atoms with Gasteiger partial charge in [-0.2, -0.15) is 0 Å². The van der Waals surface area contributed by atoms with E-state index in [0.717, 1.165) is 12.8 Å². The van der Waals surface area contributed by atoms with Gasteiger partial charge in [0.15, 0.2) is 0 Å². The zero-order valence-electron chi connectivity index (χ0n) is 11.8. The van der Waals surface area contributed by atoms with Crippen LogP contribution in [0, 0.1) is 0 Å². The predicted octanol–water partition coefficient (Wildman–Crippen LogP) is 0.931. The summed E-state index contributed by atoms with van der Waals surface area (Å²) in [6.45, 7) is 0.700. The molecule has 0 aromatic carbocycles. The first-order chi connectivity index (χ1) is 8.94. The van der Waals surface area contributed by atoms with Crippen molar-refractivity contribution < 1.29 is 4.79 Å². The number of carbonyl (C=O) groups is 1. The van der Waals surface area contributed by atoms with Crippen LogP contribution in [0.4, 0.5) is 0 Å². The molecule has 1 saturated carbocycles. The Balaban J connectivity index is 2.10. The number of hydrogen-bond donors (Lipinski definition) is 1. The number of carbonyl (C=O) groups excluding carboxylic acids is 1. The molecule has 1 aliphatic carbocycles. The smallest absolute Gasteiger partial charge is 0.253 e. The van der Waals surface area contributed by atoms with E-state index in [4.69, 9.17) is 0 Å². The lowest BCUT2D eigenvalue weighted by Crippen LogP contribution is -2.57. The Morgan fingerprint density at radius 3 is 2.53 bits per heavy atom. The third-order valence-electron chi connectivity index (χ3n) is 4.13. The number of pyridine rings is 1. The maximum Gasteiger partial charge on any atom is 0.253 e. The molecule has 0 atom stereocenters. The van der Waals surface area contributed by atoms with Crippen molar-refractivity contribution in [2.75, 3.05) is 27.7 Å². The van der Waals surface area contributed by atoms with Gasteiger partial charge in [0.1, 0.15) is 0 Å². The second kappa shape index (κ2) is 5.17. The summed E-state index contributed by atoms with van der Waals surface area (Å²) >= 11 is 0. The molecule has 104 valence electrons. The molecule has 1 N–H and O–H groups in total. The van der Waals surface area contributed by atoms with Gasteiger partial charge in [-0.05, 0) is 39.4 Å². The fraction of sp³-hybridized carbons (Fsp3) is 0.571. The molecule has 1 aromatic rings. The third-order valence-corrected chi connectivity index (χ3v) is 4.13. The number of amides is 1. The standard InChI is InChI=1S/C14H21N3O2/c1-16(2)14(6-4-7-14)10-17(3)13(19)11-5-8-15-12(18)9-11/h5,8-9H,4,6-7,10H2,1-3H3,(H,15,18). The molecule has 1 fully saturated rings. The van der Waals surface area contributed by atoms with Crippen LogP contribution in [0.2, 0.25) is 0 Å². The van der Waals surface area contributed by atoms with Crippen molar-refractivity contribution >= 4 is 5.91 Å². The summed E-state index contributed by atoms with van der Waals surface area (Å²) in [6.07, 6.45) is 4.96. The lowest BCUT2D eigenvalue weighted by molar-refractivity contribution is 0.0252. The van der Waals surface area contributed by atoms with E-state index in [-0.39, 0.29) is 17.0 Å². The summed E-state index contributed by atoms with van der Waals surface area (Å²) < 4.78 is 0. The molecule has 0 spiro atoms. The highest BCUT2D eigenvalue weighted by atomic mass is 16.2. The van der Waals surface area contributed by atoms with Gasteiger partial charge < -0.3 is 14.8 Å². The largest absolute Gasteiger partial charge is 0.340 e. The van der Waals surface area contributed by atoms with Crippen LogP contribution in [-0.4, -0.2) is 53.9 Å². The van der Waals surface area contributed by atoms with Crippen molar-refractivity contribution in [1.29, 1.82) is 0 Å². The first-order valence-corrected chi connectivity index (χ1v) is 6.56. The van der Waals surface area contributed by atoms with Crippen molar-refractivity contribution in [2.24, 2.45) is 0 Å². The minimum atomic E-state index is -0.245. The average Bonchev–Trinajstić information content (AvgIpc) is 2.32. The number of nitrogens with one attached hydrogen (secondary N) is 1. The summed E-state index contributed by atoms with van der Waals surface area (Å²) in [4.78, 5) is 30.0. The zero-order chi connectivity index (χ0) is 14.0. The predicted molar refractivity (Wildman–Crippen MR) is 74.3 cm³/mol. The molecule has 0 saturated heterocycles. The maximum atomic E-state index is 12.3. The molecule has 1 amide bonds. The molecular weight excluding hydrogens is 242 g/mol. The van der Waals surface area contributed by atoms with Gasteiger partial charge >= 0.3 is 0 Å². The second-order valence-electron chi connectivity index (χ2n) is 5.58. The highest BCUT2D eigenvalue weighted by molar-refractivity contribution is 5.93. The van der Waals surface area contributed by atoms with Crippen molar-refractivity contribution in [3.8, 4) is 0 Å². The third kappa shape index (κ3) is 2.71. The normalized spacial score (nSPS) is 17.1. The number of H-pyrrole nitrogens is 1. The van der Waals surface area contributed by atoms with E-state index < -0.39 is 0 Å². The number of likely N-dealkylation sites (N-methyl/N-ethyl adjacent to an activating group) is 2. The van der Waals surface area contributed by atoms with Crippen LogP contribution >= 0.6 is 0 Å². The van der Waals surface area contributed by atoms with Gasteiger partial charge in [-0.1, -0.05) is 0 Å². The molecule has 0 aliphatic heterocycles. The highest BCUT2D eigenvalue weighted by Crippen LogP contribution is 2.36. The van der Waals surface area contributed by atoms with E-state index >= 15 is 0 Å². The molecule has 1 aliphatic rings. The Bertz CT molecular complexity index is 517. The van der Waals surface area contributed by atoms with Gasteiger partial charge in [-0.15, -0.1) is 0 Å². The quantitative estimate of drug-likeness (QED) is 0.879. The first-order valence-electron chi connectivity index (χ1n) is 6.56. The Morgan fingerprint density at radius 1 is 1.37 bits per heavy atom. The summed E-state index contributed by atoms with van der Waals surface area (Å²) in [5.74, 6) is -0.0979. The minimum absolute atomic E-state index is 0.0979. The van der Waals surface area contributed by atoms with Crippen molar-refractivity contribution in [2.45, 2.75) is 24.8 Å². The summed E-state index contributed by atoms with van der Waals surface area (Å²) in [6, 6.07) is 2.99. The highest BCUT2D eigenvalue weighted by Gasteiger charge is 2.40. The lowest BCUT2D eigenvalue weighted by Gasteiger charge is -2.49. The fourth-order valence-corrected chi connectivity index (χ4v) is 2.64. The van der Waals surface area contributed by atoms with E-state index in [9.17, 15) is 9.59 Å². The van der Waals surface area contributed by atoms with Crippen LogP contribution in [0.3, 0.4) is 0 Å². The Kier molecular flexibility index (Phi) is 3.75. The monoisotopic (exact) mass is 263 g/mol. The van der Waals surface area contributed by atoms with E-state index in [1.54, 1.807) is 18.0 Å². The van der Waals surface area contributed by atoms with E-state index in [0.29, 0.717) is 12.1 Å². The summed E-state index contributed by atoms with van der Waals surface area (Å²) in [7, 11) is 5.92. The number of aromatic nitrogens is 1. The molecule has 5 nitrogen and oxygen atoms in total. The molecule has 5 heteroatoms. The Labute approximate surface area is 113 Å². The van der Waals surface area contributed by atoms with E-state index in [1.165, 1.54) is 18.7 Å². The molecule has 1 aromatic heterocycles. The molecule has 0 radical (unpaired) electrons. The van der Waals surface area contributed by atoms with Gasteiger partial charge in [-0.25, -0.2) is 0 Å². The van der Waals surface area contributed by atoms with E-state index in [1.807, 2.05) is 0 Å².